The second kappa shape index (κ2) is 9.64. The first-order valence-electron chi connectivity index (χ1n) is 9.44. The van der Waals surface area contributed by atoms with E-state index in [-0.39, 0.29) is 24.0 Å². The van der Waals surface area contributed by atoms with Gasteiger partial charge in [0.05, 0.1) is 0 Å². The van der Waals surface area contributed by atoms with Crippen LogP contribution >= 0.6 is 24.0 Å². The van der Waals surface area contributed by atoms with E-state index in [2.05, 4.69) is 15.2 Å². The van der Waals surface area contributed by atoms with E-state index in [0.29, 0.717) is 11.2 Å². The highest BCUT2D eigenvalue weighted by Gasteiger charge is 2.39. The molecule has 1 saturated heterocycles. The molecule has 0 unspecified atom stereocenters. The van der Waals surface area contributed by atoms with Crippen molar-refractivity contribution in [3.8, 4) is 5.75 Å². The number of hydrogen-bond donors (Lipinski definition) is 2. The molecule has 0 atom stereocenters. The molecule has 3 rings (SSSR count). The Morgan fingerprint density at radius 1 is 1.16 bits per heavy atom. The molecule has 1 heterocycles. The van der Waals surface area contributed by atoms with Gasteiger partial charge >= 0.3 is 0 Å². The smallest absolute Gasteiger partial charge is 0.193 e. The minimum atomic E-state index is 0. The number of aliphatic imine (C=N–C) groups is 1. The molecule has 140 valence electrons. The summed E-state index contributed by atoms with van der Waals surface area (Å²) in [6, 6.07) is 7.51. The predicted octanol–water partition coefficient (Wildman–Crippen LogP) is 4.17. The highest BCUT2D eigenvalue weighted by atomic mass is 127. The SMILES string of the molecule is CN=C(NCCCc1ccc(O)cc1)N1CCC2(CCCCC2)C1.I. The number of nitrogens with one attached hydrogen (secondary N) is 1. The Kier molecular flexibility index (Phi) is 7.84. The number of nitrogens with zero attached hydrogens (tertiary/aromatic N) is 2. The topological polar surface area (TPSA) is 47.9 Å². The van der Waals surface area contributed by atoms with E-state index < -0.39 is 0 Å². The van der Waals surface area contributed by atoms with E-state index in [1.54, 1.807) is 12.1 Å². The maximum absolute atomic E-state index is 9.33. The van der Waals surface area contributed by atoms with Gasteiger partial charge in [0, 0.05) is 26.7 Å². The molecule has 5 heteroatoms. The molecule has 1 spiro atoms. The van der Waals surface area contributed by atoms with E-state index in [1.165, 1.54) is 50.6 Å². The summed E-state index contributed by atoms with van der Waals surface area (Å²) in [5, 5.41) is 12.9. The van der Waals surface area contributed by atoms with Crippen molar-refractivity contribution in [1.29, 1.82) is 0 Å². The van der Waals surface area contributed by atoms with Crippen LogP contribution in [0.25, 0.3) is 0 Å². The Hall–Kier alpha value is -0.980. The molecule has 0 amide bonds. The van der Waals surface area contributed by atoms with Gasteiger partial charge in [-0.3, -0.25) is 4.99 Å². The van der Waals surface area contributed by atoms with Crippen LogP contribution in [0.5, 0.6) is 5.75 Å². The quantitative estimate of drug-likeness (QED) is 0.309. The third-order valence-corrected chi connectivity index (χ3v) is 5.73. The summed E-state index contributed by atoms with van der Waals surface area (Å²) in [6.45, 7) is 3.28. The van der Waals surface area contributed by atoms with Crippen LogP contribution in [0.15, 0.2) is 29.3 Å². The number of aryl methyl sites for hydroxylation is 1. The number of benzene rings is 1. The minimum Gasteiger partial charge on any atom is -0.508 e. The molecule has 1 aromatic rings. The Balaban J connectivity index is 0.00000225. The van der Waals surface area contributed by atoms with Gasteiger partial charge in [-0.1, -0.05) is 31.4 Å². The summed E-state index contributed by atoms with van der Waals surface area (Å²) >= 11 is 0. The lowest BCUT2D eigenvalue weighted by atomic mass is 9.73. The van der Waals surface area contributed by atoms with Gasteiger partial charge in [-0.25, -0.2) is 0 Å². The van der Waals surface area contributed by atoms with E-state index in [4.69, 9.17) is 0 Å². The maximum Gasteiger partial charge on any atom is 0.193 e. The minimum absolute atomic E-state index is 0. The molecule has 0 aromatic heterocycles. The number of aromatic hydroxyl groups is 1. The Bertz CT molecular complexity index is 553. The van der Waals surface area contributed by atoms with Crippen molar-refractivity contribution in [2.45, 2.75) is 51.4 Å². The molecule has 4 nitrogen and oxygen atoms in total. The fourth-order valence-corrected chi connectivity index (χ4v) is 4.31. The lowest BCUT2D eigenvalue weighted by Gasteiger charge is -2.33. The molecule has 0 bridgehead atoms. The number of halogens is 1. The molecular formula is C20H32IN3O. The monoisotopic (exact) mass is 457 g/mol. The molecular weight excluding hydrogens is 425 g/mol. The average Bonchev–Trinajstić information content (AvgIpc) is 3.00. The van der Waals surface area contributed by atoms with Crippen LogP contribution in [-0.2, 0) is 6.42 Å². The molecule has 25 heavy (non-hydrogen) atoms. The van der Waals surface area contributed by atoms with Gasteiger partial charge in [-0.2, -0.15) is 0 Å². The summed E-state index contributed by atoms with van der Waals surface area (Å²) in [4.78, 5) is 6.97. The number of guanidine groups is 1. The Morgan fingerprint density at radius 3 is 2.56 bits per heavy atom. The lowest BCUT2D eigenvalue weighted by Crippen LogP contribution is -2.42. The van der Waals surface area contributed by atoms with Gasteiger partial charge in [-0.15, -0.1) is 24.0 Å². The van der Waals surface area contributed by atoms with Crippen LogP contribution in [0, 0.1) is 5.41 Å². The van der Waals surface area contributed by atoms with Gasteiger partial charge in [-0.05, 0) is 55.2 Å². The largest absolute Gasteiger partial charge is 0.508 e. The van der Waals surface area contributed by atoms with E-state index in [0.717, 1.165) is 31.9 Å². The number of hydrogen-bond acceptors (Lipinski definition) is 2. The highest BCUT2D eigenvalue weighted by molar-refractivity contribution is 14.0. The van der Waals surface area contributed by atoms with Crippen molar-refractivity contribution >= 4 is 29.9 Å². The first-order chi connectivity index (χ1) is 11.7. The van der Waals surface area contributed by atoms with Gasteiger partial charge in [0.15, 0.2) is 5.96 Å². The number of likely N-dealkylation sites (tertiary alicyclic amines) is 1. The molecule has 2 fully saturated rings. The molecule has 1 saturated carbocycles. The molecule has 1 aromatic carbocycles. The van der Waals surface area contributed by atoms with Gasteiger partial charge < -0.3 is 15.3 Å². The third-order valence-electron chi connectivity index (χ3n) is 5.73. The fraction of sp³-hybridized carbons (Fsp3) is 0.650. The summed E-state index contributed by atoms with van der Waals surface area (Å²) < 4.78 is 0. The number of rotatable bonds is 4. The van der Waals surface area contributed by atoms with Crippen LogP contribution < -0.4 is 5.32 Å². The second-order valence-corrected chi connectivity index (χ2v) is 7.48. The molecule has 1 aliphatic heterocycles. The Morgan fingerprint density at radius 2 is 1.88 bits per heavy atom. The molecule has 0 radical (unpaired) electrons. The van der Waals surface area contributed by atoms with Gasteiger partial charge in [0.2, 0.25) is 0 Å². The zero-order valence-corrected chi connectivity index (χ0v) is 17.7. The van der Waals surface area contributed by atoms with Crippen LogP contribution in [0.3, 0.4) is 0 Å². The van der Waals surface area contributed by atoms with Crippen molar-refractivity contribution in [3.05, 3.63) is 29.8 Å². The standard InChI is InChI=1S/C20H31N3O.HI/c1-21-19(22-14-5-6-17-7-9-18(24)10-8-17)23-15-13-20(16-23)11-3-2-4-12-20;/h7-10,24H,2-6,11-16H2,1H3,(H,21,22);1H. The molecule has 1 aliphatic carbocycles. The zero-order chi connectivity index (χ0) is 16.8. The maximum atomic E-state index is 9.33. The van der Waals surface area contributed by atoms with Crippen molar-refractivity contribution in [3.63, 3.8) is 0 Å². The first-order valence-corrected chi connectivity index (χ1v) is 9.44. The normalized spacial score (nSPS) is 19.7. The summed E-state index contributed by atoms with van der Waals surface area (Å²) in [7, 11) is 1.90. The van der Waals surface area contributed by atoms with Crippen LogP contribution in [0.4, 0.5) is 0 Å². The lowest BCUT2D eigenvalue weighted by molar-refractivity contribution is 0.203. The molecule has 2 aliphatic rings. The predicted molar refractivity (Wildman–Crippen MR) is 115 cm³/mol. The van der Waals surface area contributed by atoms with Crippen molar-refractivity contribution in [1.82, 2.24) is 10.2 Å². The van der Waals surface area contributed by atoms with E-state index >= 15 is 0 Å². The van der Waals surface area contributed by atoms with Crippen LogP contribution in [-0.4, -0.2) is 42.6 Å². The summed E-state index contributed by atoms with van der Waals surface area (Å²) in [6.07, 6.45) is 10.5. The van der Waals surface area contributed by atoms with Crippen molar-refractivity contribution < 1.29 is 5.11 Å². The van der Waals surface area contributed by atoms with Crippen molar-refractivity contribution in [2.24, 2.45) is 10.4 Å². The third kappa shape index (κ3) is 5.50. The van der Waals surface area contributed by atoms with E-state index in [9.17, 15) is 5.11 Å². The summed E-state index contributed by atoms with van der Waals surface area (Å²) in [5.41, 5.74) is 1.84. The van der Waals surface area contributed by atoms with Crippen LogP contribution in [0.2, 0.25) is 0 Å². The highest BCUT2D eigenvalue weighted by Crippen LogP contribution is 2.43. The van der Waals surface area contributed by atoms with Crippen molar-refractivity contribution in [2.75, 3.05) is 26.7 Å². The Labute approximate surface area is 169 Å². The summed E-state index contributed by atoms with van der Waals surface area (Å²) in [5.74, 6) is 1.41. The fourth-order valence-electron chi connectivity index (χ4n) is 4.31. The molecule has 2 N–H and O–H groups in total. The zero-order valence-electron chi connectivity index (χ0n) is 15.3. The van der Waals surface area contributed by atoms with Gasteiger partial charge in [0.25, 0.3) is 0 Å². The number of phenolic OH excluding ortho intramolecular Hbond substituents is 1. The first kappa shape index (κ1) is 20.3. The van der Waals surface area contributed by atoms with Crippen LogP contribution in [0.1, 0.15) is 50.5 Å². The average molecular weight is 457 g/mol. The van der Waals surface area contributed by atoms with Gasteiger partial charge in [0.1, 0.15) is 5.75 Å². The van der Waals surface area contributed by atoms with E-state index in [1.807, 2.05) is 19.2 Å². The number of phenols is 1. The second-order valence-electron chi connectivity index (χ2n) is 7.48.